The molecule has 2 heterocycles. The molecule has 0 spiro atoms. The molecule has 238 valence electrons. The van der Waals surface area contributed by atoms with Crippen molar-refractivity contribution in [1.82, 2.24) is 0 Å². The standard InChI is InChI=1S/C40H54O4/c1-10-12-27-19-31(41)37-33(21-27)44-40(8,30-17-15-24(3)26(5)36(30)37)18-11-13-28-20-32(42-9)38-34(22-28)43-39(6,7)29-16-14-23(2)25(4)35(29)38/h19-22,29-30,35-36,41H,10-18H2,1-9H3/t29-,30-,35-,36-,40?/m1/s1. The van der Waals surface area contributed by atoms with Gasteiger partial charge in [0.15, 0.2) is 0 Å². The molecule has 5 atom stereocenters. The Kier molecular flexibility index (Phi) is 8.12. The highest BCUT2D eigenvalue weighted by Gasteiger charge is 2.50. The summed E-state index contributed by atoms with van der Waals surface area (Å²) in [7, 11) is 1.81. The zero-order valence-corrected chi connectivity index (χ0v) is 28.7. The summed E-state index contributed by atoms with van der Waals surface area (Å²) in [5.74, 6) is 4.59. The van der Waals surface area contributed by atoms with Gasteiger partial charge in [0.1, 0.15) is 34.2 Å². The first kappa shape index (κ1) is 31.1. The number of hydrogen-bond acceptors (Lipinski definition) is 4. The second kappa shape index (κ2) is 11.5. The average molecular weight is 599 g/mol. The highest BCUT2D eigenvalue weighted by molar-refractivity contribution is 5.57. The van der Waals surface area contributed by atoms with Gasteiger partial charge in [0.2, 0.25) is 0 Å². The molecule has 2 aromatic rings. The Balaban J connectivity index is 1.29. The average Bonchev–Trinajstić information content (AvgIpc) is 2.95. The fraction of sp³-hybridized carbons (Fsp3) is 0.600. The van der Waals surface area contributed by atoms with Crippen LogP contribution in [-0.2, 0) is 12.8 Å². The third kappa shape index (κ3) is 5.14. The molecule has 1 N–H and O–H groups in total. The topological polar surface area (TPSA) is 47.9 Å². The van der Waals surface area contributed by atoms with Crippen molar-refractivity contribution < 1.29 is 19.3 Å². The van der Waals surface area contributed by atoms with Gasteiger partial charge in [0, 0.05) is 34.8 Å². The van der Waals surface area contributed by atoms with Gasteiger partial charge in [-0.3, -0.25) is 0 Å². The van der Waals surface area contributed by atoms with Crippen molar-refractivity contribution >= 4 is 0 Å². The third-order valence-electron chi connectivity index (χ3n) is 12.0. The molecule has 2 aromatic carbocycles. The summed E-state index contributed by atoms with van der Waals surface area (Å²) >= 11 is 0. The van der Waals surface area contributed by atoms with Gasteiger partial charge in [0.05, 0.1) is 7.11 Å². The minimum absolute atomic E-state index is 0.204. The molecule has 1 unspecified atom stereocenters. The van der Waals surface area contributed by atoms with Gasteiger partial charge in [-0.15, -0.1) is 0 Å². The number of phenolic OH excluding ortho intramolecular Hbond substituents is 1. The molecule has 4 aliphatic rings. The first-order valence-corrected chi connectivity index (χ1v) is 17.2. The van der Waals surface area contributed by atoms with Crippen LogP contribution >= 0.6 is 0 Å². The molecule has 0 saturated heterocycles. The third-order valence-corrected chi connectivity index (χ3v) is 12.0. The number of allylic oxidation sites excluding steroid dienone is 4. The summed E-state index contributed by atoms with van der Waals surface area (Å²) in [6, 6.07) is 8.74. The number of aromatic hydroxyl groups is 1. The van der Waals surface area contributed by atoms with E-state index in [4.69, 9.17) is 14.2 Å². The molecule has 44 heavy (non-hydrogen) atoms. The predicted octanol–water partition coefficient (Wildman–Crippen LogP) is 10.4. The van der Waals surface area contributed by atoms with Crippen LogP contribution in [0.5, 0.6) is 23.0 Å². The monoisotopic (exact) mass is 598 g/mol. The van der Waals surface area contributed by atoms with Crippen molar-refractivity contribution in [2.24, 2.45) is 11.8 Å². The van der Waals surface area contributed by atoms with Crippen molar-refractivity contribution in [3.63, 3.8) is 0 Å². The van der Waals surface area contributed by atoms with E-state index in [0.717, 1.165) is 86.2 Å². The van der Waals surface area contributed by atoms with Crippen LogP contribution in [-0.4, -0.2) is 23.4 Å². The largest absolute Gasteiger partial charge is 0.507 e. The smallest absolute Gasteiger partial charge is 0.127 e. The van der Waals surface area contributed by atoms with Gasteiger partial charge in [-0.05, 0) is 135 Å². The van der Waals surface area contributed by atoms with Gasteiger partial charge >= 0.3 is 0 Å². The lowest BCUT2D eigenvalue weighted by molar-refractivity contribution is -0.0166. The number of ether oxygens (including phenoxy) is 3. The Morgan fingerprint density at radius 2 is 1.39 bits per heavy atom. The Bertz CT molecular complexity index is 1510. The first-order valence-electron chi connectivity index (χ1n) is 17.2. The normalized spacial score (nSPS) is 28.8. The fourth-order valence-electron chi connectivity index (χ4n) is 9.27. The molecule has 0 bridgehead atoms. The Labute approximate surface area is 265 Å². The van der Waals surface area contributed by atoms with Gasteiger partial charge in [-0.1, -0.05) is 35.6 Å². The molecule has 2 aliphatic carbocycles. The summed E-state index contributed by atoms with van der Waals surface area (Å²) in [4.78, 5) is 0. The van der Waals surface area contributed by atoms with E-state index < -0.39 is 0 Å². The first-order chi connectivity index (χ1) is 20.9. The molecule has 4 heteroatoms. The van der Waals surface area contributed by atoms with Crippen LogP contribution in [0.4, 0.5) is 0 Å². The summed E-state index contributed by atoms with van der Waals surface area (Å²) in [6.45, 7) is 18.2. The number of phenols is 1. The van der Waals surface area contributed by atoms with Crippen molar-refractivity contribution in [2.75, 3.05) is 7.11 Å². The Morgan fingerprint density at radius 3 is 2.02 bits per heavy atom. The predicted molar refractivity (Wildman–Crippen MR) is 179 cm³/mol. The highest BCUT2D eigenvalue weighted by Crippen LogP contribution is 2.58. The quantitative estimate of drug-likeness (QED) is 0.322. The zero-order chi connectivity index (χ0) is 31.6. The SMILES string of the molecule is CCCc1cc(O)c2c(c1)OC(C)(CCCc1cc(OC)c3c(c1)OC(C)(C)[C@@H]1CCC(C)=C(C)[C@@H]31)[C@@H]1CCC(C)=C(C)[C@@H]21. The summed E-state index contributed by atoms with van der Waals surface area (Å²) in [5.41, 5.74) is 10.0. The minimum Gasteiger partial charge on any atom is -0.507 e. The van der Waals surface area contributed by atoms with E-state index in [-0.39, 0.29) is 17.1 Å². The van der Waals surface area contributed by atoms with Crippen molar-refractivity contribution in [1.29, 1.82) is 0 Å². The maximum Gasteiger partial charge on any atom is 0.127 e. The number of methoxy groups -OCH3 is 1. The van der Waals surface area contributed by atoms with Crippen molar-refractivity contribution in [2.45, 2.75) is 136 Å². The van der Waals surface area contributed by atoms with E-state index >= 15 is 0 Å². The van der Waals surface area contributed by atoms with Gasteiger partial charge < -0.3 is 19.3 Å². The number of hydrogen-bond donors (Lipinski definition) is 1. The number of rotatable bonds is 7. The molecule has 4 nitrogen and oxygen atoms in total. The molecule has 0 radical (unpaired) electrons. The highest BCUT2D eigenvalue weighted by atomic mass is 16.5. The van der Waals surface area contributed by atoms with Gasteiger partial charge in [-0.25, -0.2) is 0 Å². The lowest BCUT2D eigenvalue weighted by atomic mass is 9.63. The zero-order valence-electron chi connectivity index (χ0n) is 28.7. The molecule has 6 rings (SSSR count). The number of aryl methyl sites for hydroxylation is 2. The summed E-state index contributed by atoms with van der Waals surface area (Å²) < 4.78 is 19.9. The molecule has 0 amide bonds. The number of benzene rings is 2. The van der Waals surface area contributed by atoms with Gasteiger partial charge in [0.25, 0.3) is 0 Å². The van der Waals surface area contributed by atoms with E-state index in [9.17, 15) is 5.11 Å². The van der Waals surface area contributed by atoms with Crippen LogP contribution in [0.3, 0.4) is 0 Å². The molecule has 0 fully saturated rings. The Morgan fingerprint density at radius 1 is 0.795 bits per heavy atom. The van der Waals surface area contributed by atoms with E-state index in [2.05, 4.69) is 73.6 Å². The second-order valence-electron chi connectivity index (χ2n) is 15.1. The molecule has 0 saturated carbocycles. The summed E-state index contributed by atoms with van der Waals surface area (Å²) in [6.07, 6.45) is 9.37. The number of fused-ring (bicyclic) bond motifs is 6. The maximum atomic E-state index is 11.3. The van der Waals surface area contributed by atoms with Crippen LogP contribution < -0.4 is 14.2 Å². The maximum absolute atomic E-state index is 11.3. The molecule has 2 aliphatic heterocycles. The van der Waals surface area contributed by atoms with Crippen LogP contribution in [0.25, 0.3) is 0 Å². The second-order valence-corrected chi connectivity index (χ2v) is 15.1. The van der Waals surface area contributed by atoms with Crippen LogP contribution in [0.1, 0.15) is 134 Å². The van der Waals surface area contributed by atoms with E-state index in [0.29, 0.717) is 23.5 Å². The van der Waals surface area contributed by atoms with E-state index in [1.807, 2.05) is 6.07 Å². The lowest BCUT2D eigenvalue weighted by Crippen LogP contribution is -2.48. The molecular formula is C40H54O4. The van der Waals surface area contributed by atoms with Crippen molar-refractivity contribution in [3.8, 4) is 23.0 Å². The minimum atomic E-state index is -0.303. The Hall–Kier alpha value is -2.88. The fourth-order valence-corrected chi connectivity index (χ4v) is 9.27. The van der Waals surface area contributed by atoms with E-state index in [1.165, 1.54) is 33.4 Å². The van der Waals surface area contributed by atoms with E-state index in [1.54, 1.807) is 7.11 Å². The summed E-state index contributed by atoms with van der Waals surface area (Å²) in [5, 5.41) is 11.3. The van der Waals surface area contributed by atoms with Crippen LogP contribution in [0.2, 0.25) is 0 Å². The molecular weight excluding hydrogens is 544 g/mol. The van der Waals surface area contributed by atoms with Crippen LogP contribution in [0, 0.1) is 11.8 Å². The molecule has 0 aromatic heterocycles. The van der Waals surface area contributed by atoms with Gasteiger partial charge in [-0.2, -0.15) is 0 Å². The van der Waals surface area contributed by atoms with Crippen LogP contribution in [0.15, 0.2) is 46.6 Å². The van der Waals surface area contributed by atoms with Crippen molar-refractivity contribution in [3.05, 3.63) is 68.8 Å². The lowest BCUT2D eigenvalue weighted by Gasteiger charge is -2.50.